The van der Waals surface area contributed by atoms with Crippen molar-refractivity contribution in [3.8, 4) is 0 Å². The number of carbonyl (C=O) groups excluding carboxylic acids is 2. The molecule has 1 rings (SSSR count). The summed E-state index contributed by atoms with van der Waals surface area (Å²) in [6, 6.07) is 0. The van der Waals surface area contributed by atoms with Crippen LogP contribution < -0.4 is 0 Å². The van der Waals surface area contributed by atoms with Crippen LogP contribution in [-0.4, -0.2) is 46.6 Å². The molecule has 0 aliphatic carbocycles. The highest BCUT2D eigenvalue weighted by molar-refractivity contribution is 8.00. The predicted octanol–water partition coefficient (Wildman–Crippen LogP) is 2.31. The summed E-state index contributed by atoms with van der Waals surface area (Å²) in [6.07, 6.45) is -2.82. The molecule has 0 aromatic heterocycles. The molecule has 5 nitrogen and oxygen atoms in total. The Morgan fingerprint density at radius 3 is 2.05 bits per heavy atom. The molecule has 1 heterocycles. The van der Waals surface area contributed by atoms with Gasteiger partial charge in [-0.1, -0.05) is 0 Å². The molecule has 4 atom stereocenters. The van der Waals surface area contributed by atoms with E-state index in [9.17, 15) is 19.1 Å². The highest BCUT2D eigenvalue weighted by Gasteiger charge is 2.48. The largest absolute Gasteiger partial charge is 0.464 e. The van der Waals surface area contributed by atoms with E-state index in [1.807, 2.05) is 0 Å². The molecule has 1 aliphatic heterocycles. The molecule has 0 aromatic rings. The second-order valence-electron chi connectivity index (χ2n) is 7.48. The lowest BCUT2D eigenvalue weighted by Crippen LogP contribution is -2.40. The van der Waals surface area contributed by atoms with Gasteiger partial charge in [-0.2, -0.15) is 0 Å². The summed E-state index contributed by atoms with van der Waals surface area (Å²) < 4.78 is 24.4. The van der Waals surface area contributed by atoms with Crippen molar-refractivity contribution in [1.82, 2.24) is 0 Å². The van der Waals surface area contributed by atoms with E-state index >= 15 is 0 Å². The second kappa shape index (κ2) is 6.74. The third-order valence-corrected chi connectivity index (χ3v) is 4.41. The first-order valence-corrected chi connectivity index (χ1v) is 8.14. The normalized spacial score (nSPS) is 29.3. The smallest absolute Gasteiger partial charge is 0.311 e. The maximum absolute atomic E-state index is 14.1. The number of alkyl halides is 1. The van der Waals surface area contributed by atoms with Crippen molar-refractivity contribution in [1.29, 1.82) is 0 Å². The summed E-state index contributed by atoms with van der Waals surface area (Å²) in [5.74, 6) is -0.979. The average molecular weight is 336 g/mol. The van der Waals surface area contributed by atoms with Crippen LogP contribution in [0.5, 0.6) is 0 Å². The molecule has 0 amide bonds. The summed E-state index contributed by atoms with van der Waals surface area (Å²) in [7, 11) is 0. The molecule has 1 aliphatic rings. The zero-order valence-corrected chi connectivity index (χ0v) is 14.7. The third kappa shape index (κ3) is 4.84. The summed E-state index contributed by atoms with van der Waals surface area (Å²) in [6.45, 7) is 10.0. The molecule has 1 saturated heterocycles. The van der Waals surface area contributed by atoms with Crippen molar-refractivity contribution >= 4 is 23.7 Å². The van der Waals surface area contributed by atoms with Gasteiger partial charge in [0.2, 0.25) is 0 Å². The Morgan fingerprint density at radius 1 is 1.09 bits per heavy atom. The lowest BCUT2D eigenvalue weighted by molar-refractivity contribution is -0.164. The standard InChI is InChI=1S/C15H25FO5S/c1-14(2,3)12(18)20-7-8-10(9(16)11(17)22-8)21-13(19)15(4,5)6/h8-11,17H,7H2,1-6H3/t8-,9+,10-,11?/m1/s1. The van der Waals surface area contributed by atoms with Gasteiger partial charge in [0.25, 0.3) is 0 Å². The Balaban J connectivity index is 2.71. The molecule has 1 N–H and O–H groups in total. The topological polar surface area (TPSA) is 72.8 Å². The van der Waals surface area contributed by atoms with E-state index in [0.29, 0.717) is 0 Å². The quantitative estimate of drug-likeness (QED) is 0.797. The fraction of sp³-hybridized carbons (Fsp3) is 0.867. The minimum Gasteiger partial charge on any atom is -0.464 e. The molecule has 1 unspecified atom stereocenters. The number of ether oxygens (including phenoxy) is 2. The number of carbonyl (C=O) groups is 2. The van der Waals surface area contributed by atoms with Gasteiger partial charge in [-0.3, -0.25) is 9.59 Å². The van der Waals surface area contributed by atoms with Crippen molar-refractivity contribution in [2.24, 2.45) is 10.8 Å². The molecule has 0 aromatic carbocycles. The SMILES string of the molecule is CC(C)(C)C(=O)OC[C@H]1SC(O)[C@@H](F)[C@@H]1OC(=O)C(C)(C)C. The fourth-order valence-electron chi connectivity index (χ4n) is 1.65. The Morgan fingerprint density at radius 2 is 1.59 bits per heavy atom. The summed E-state index contributed by atoms with van der Waals surface area (Å²) in [4.78, 5) is 23.7. The van der Waals surface area contributed by atoms with Crippen LogP contribution in [0.15, 0.2) is 0 Å². The van der Waals surface area contributed by atoms with Crippen molar-refractivity contribution in [3.05, 3.63) is 0 Å². The number of hydrogen-bond acceptors (Lipinski definition) is 6. The molecule has 0 bridgehead atoms. The van der Waals surface area contributed by atoms with Gasteiger partial charge < -0.3 is 14.6 Å². The van der Waals surface area contributed by atoms with Crippen molar-refractivity contribution in [3.63, 3.8) is 0 Å². The van der Waals surface area contributed by atoms with E-state index in [4.69, 9.17) is 9.47 Å². The van der Waals surface area contributed by atoms with Crippen LogP contribution in [0, 0.1) is 10.8 Å². The summed E-state index contributed by atoms with van der Waals surface area (Å²) in [5, 5.41) is 9.01. The molecule has 128 valence electrons. The van der Waals surface area contributed by atoms with E-state index in [1.54, 1.807) is 41.5 Å². The molecule has 0 spiro atoms. The lowest BCUT2D eigenvalue weighted by Gasteiger charge is -2.25. The van der Waals surface area contributed by atoms with E-state index in [0.717, 1.165) is 11.8 Å². The van der Waals surface area contributed by atoms with E-state index in [-0.39, 0.29) is 6.61 Å². The highest BCUT2D eigenvalue weighted by Crippen LogP contribution is 2.38. The van der Waals surface area contributed by atoms with Gasteiger partial charge in [-0.05, 0) is 41.5 Å². The van der Waals surface area contributed by atoms with Gasteiger partial charge in [-0.25, -0.2) is 4.39 Å². The monoisotopic (exact) mass is 336 g/mol. The molecular weight excluding hydrogens is 311 g/mol. The van der Waals surface area contributed by atoms with E-state index < -0.39 is 45.7 Å². The van der Waals surface area contributed by atoms with Gasteiger partial charge in [0, 0.05) is 0 Å². The van der Waals surface area contributed by atoms with E-state index in [1.165, 1.54) is 0 Å². The van der Waals surface area contributed by atoms with Crippen LogP contribution in [0.4, 0.5) is 4.39 Å². The lowest BCUT2D eigenvalue weighted by atomic mass is 9.97. The molecule has 0 saturated carbocycles. The number of thioether (sulfide) groups is 1. The molecule has 1 fully saturated rings. The first kappa shape index (κ1) is 19.2. The van der Waals surface area contributed by atoms with Crippen molar-refractivity contribution < 1.29 is 28.6 Å². The van der Waals surface area contributed by atoms with Gasteiger partial charge in [0.1, 0.15) is 12.0 Å². The number of halogens is 1. The Labute approximate surface area is 134 Å². The van der Waals surface area contributed by atoms with E-state index in [2.05, 4.69) is 0 Å². The minimum atomic E-state index is -1.70. The minimum absolute atomic E-state index is 0.111. The molecule has 0 radical (unpaired) electrons. The van der Waals surface area contributed by atoms with Crippen LogP contribution in [0.2, 0.25) is 0 Å². The Hall–Kier alpha value is -0.820. The fourth-order valence-corrected chi connectivity index (χ4v) is 2.82. The predicted molar refractivity (Wildman–Crippen MR) is 82.0 cm³/mol. The van der Waals surface area contributed by atoms with Gasteiger partial charge in [0.05, 0.1) is 16.1 Å². The second-order valence-corrected chi connectivity index (χ2v) is 8.84. The first-order valence-electron chi connectivity index (χ1n) is 7.20. The van der Waals surface area contributed by atoms with Crippen LogP contribution in [0.25, 0.3) is 0 Å². The number of aliphatic hydroxyl groups excluding tert-OH is 1. The molecular formula is C15H25FO5S. The zero-order valence-electron chi connectivity index (χ0n) is 13.9. The van der Waals surface area contributed by atoms with Crippen LogP contribution >= 0.6 is 11.8 Å². The first-order chi connectivity index (χ1) is 9.84. The number of hydrogen-bond donors (Lipinski definition) is 1. The maximum Gasteiger partial charge on any atom is 0.311 e. The highest BCUT2D eigenvalue weighted by atomic mass is 32.2. The molecule has 7 heteroatoms. The molecule has 22 heavy (non-hydrogen) atoms. The van der Waals surface area contributed by atoms with Crippen LogP contribution in [-0.2, 0) is 19.1 Å². The summed E-state index contributed by atoms with van der Waals surface area (Å²) >= 11 is 0.913. The van der Waals surface area contributed by atoms with Gasteiger partial charge in [0.15, 0.2) is 12.3 Å². The van der Waals surface area contributed by atoms with Crippen molar-refractivity contribution in [2.75, 3.05) is 6.61 Å². The van der Waals surface area contributed by atoms with Gasteiger partial charge >= 0.3 is 11.9 Å². The van der Waals surface area contributed by atoms with Crippen LogP contribution in [0.1, 0.15) is 41.5 Å². The Kier molecular flexibility index (Phi) is 5.89. The Bertz CT molecular complexity index is 427. The van der Waals surface area contributed by atoms with Gasteiger partial charge in [-0.15, -0.1) is 11.8 Å². The van der Waals surface area contributed by atoms with Crippen molar-refractivity contribution in [2.45, 2.75) is 64.5 Å². The maximum atomic E-state index is 14.1. The number of aliphatic hydroxyl groups is 1. The summed E-state index contributed by atoms with van der Waals surface area (Å²) in [5.41, 5.74) is -2.74. The number of esters is 2. The zero-order chi connectivity index (χ0) is 17.3. The number of rotatable bonds is 3. The van der Waals surface area contributed by atoms with Crippen LogP contribution in [0.3, 0.4) is 0 Å². The third-order valence-electron chi connectivity index (χ3n) is 3.11. The average Bonchev–Trinajstić information content (AvgIpc) is 2.61.